The van der Waals surface area contributed by atoms with Gasteiger partial charge in [0, 0.05) is 30.6 Å². The van der Waals surface area contributed by atoms with Crippen LogP contribution in [0.1, 0.15) is 22.5 Å². The molecule has 0 bridgehead atoms. The Morgan fingerprint density at radius 3 is 2.54 bits per heavy atom. The molecule has 1 N–H and O–H groups in total. The first-order valence-corrected chi connectivity index (χ1v) is 7.89. The van der Waals surface area contributed by atoms with E-state index in [4.69, 9.17) is 0 Å². The number of aromatic nitrogens is 4. The second-order valence-corrected chi connectivity index (χ2v) is 5.88. The van der Waals surface area contributed by atoms with Gasteiger partial charge in [-0.15, -0.1) is 0 Å². The van der Waals surface area contributed by atoms with Gasteiger partial charge < -0.3 is 5.32 Å². The Kier molecular flexibility index (Phi) is 4.46. The third kappa shape index (κ3) is 3.53. The molecule has 0 spiro atoms. The Morgan fingerprint density at radius 2 is 1.88 bits per heavy atom. The van der Waals surface area contributed by atoms with Crippen molar-refractivity contribution in [1.82, 2.24) is 19.6 Å². The van der Waals surface area contributed by atoms with Crippen LogP contribution in [0.25, 0.3) is 0 Å². The lowest BCUT2D eigenvalue weighted by atomic mass is 10.1. The van der Waals surface area contributed by atoms with Crippen molar-refractivity contribution in [1.29, 1.82) is 0 Å². The standard InChI is InChI=1S/C18H21N5O/c1-13-16(14(2)22(3)20-13)11-18(24)19-17-9-10-23(21-17)12-15-7-5-4-6-8-15/h4-10H,11-12H2,1-3H3,(H,19,21,24). The Morgan fingerprint density at radius 1 is 1.12 bits per heavy atom. The first-order chi connectivity index (χ1) is 11.5. The predicted octanol–water partition coefficient (Wildman–Crippen LogP) is 2.46. The molecule has 0 radical (unpaired) electrons. The third-order valence-electron chi connectivity index (χ3n) is 4.09. The number of nitrogens with zero attached hydrogens (tertiary/aromatic N) is 4. The Bertz CT molecular complexity index is 848. The zero-order valence-electron chi connectivity index (χ0n) is 14.2. The molecular weight excluding hydrogens is 302 g/mol. The topological polar surface area (TPSA) is 64.7 Å². The molecule has 124 valence electrons. The summed E-state index contributed by atoms with van der Waals surface area (Å²) in [5.74, 6) is 0.481. The molecule has 2 aromatic heterocycles. The first kappa shape index (κ1) is 16.0. The molecule has 1 amide bonds. The number of anilines is 1. The van der Waals surface area contributed by atoms with Crippen molar-refractivity contribution < 1.29 is 4.79 Å². The monoisotopic (exact) mass is 323 g/mol. The number of hydrogen-bond acceptors (Lipinski definition) is 3. The zero-order valence-corrected chi connectivity index (χ0v) is 14.2. The molecule has 0 atom stereocenters. The summed E-state index contributed by atoms with van der Waals surface area (Å²) < 4.78 is 3.61. The summed E-state index contributed by atoms with van der Waals surface area (Å²) in [6.07, 6.45) is 2.17. The summed E-state index contributed by atoms with van der Waals surface area (Å²) in [6.45, 7) is 4.57. The largest absolute Gasteiger partial charge is 0.309 e. The molecule has 6 nitrogen and oxygen atoms in total. The fraction of sp³-hybridized carbons (Fsp3) is 0.278. The van der Waals surface area contributed by atoms with E-state index in [-0.39, 0.29) is 5.91 Å². The maximum absolute atomic E-state index is 12.3. The van der Waals surface area contributed by atoms with Crippen molar-refractivity contribution in [2.24, 2.45) is 7.05 Å². The molecule has 3 rings (SSSR count). The van der Waals surface area contributed by atoms with Crippen LogP contribution in [0.3, 0.4) is 0 Å². The summed E-state index contributed by atoms with van der Waals surface area (Å²) >= 11 is 0. The summed E-state index contributed by atoms with van der Waals surface area (Å²) in [4.78, 5) is 12.3. The van der Waals surface area contributed by atoms with E-state index in [1.165, 1.54) is 5.56 Å². The number of hydrogen-bond donors (Lipinski definition) is 1. The molecule has 0 aliphatic heterocycles. The Labute approximate surface area is 141 Å². The molecule has 0 aliphatic rings. The number of carbonyl (C=O) groups is 1. The summed E-state index contributed by atoms with van der Waals surface area (Å²) in [6, 6.07) is 11.9. The molecule has 2 heterocycles. The van der Waals surface area contributed by atoms with E-state index in [1.54, 1.807) is 4.68 Å². The minimum atomic E-state index is -0.0841. The van der Waals surface area contributed by atoms with E-state index >= 15 is 0 Å². The smallest absolute Gasteiger partial charge is 0.230 e. The number of amides is 1. The van der Waals surface area contributed by atoms with Crippen LogP contribution in [-0.2, 0) is 24.8 Å². The third-order valence-corrected chi connectivity index (χ3v) is 4.09. The van der Waals surface area contributed by atoms with Crippen LogP contribution in [0, 0.1) is 13.8 Å². The van der Waals surface area contributed by atoms with Gasteiger partial charge in [-0.05, 0) is 19.4 Å². The zero-order chi connectivity index (χ0) is 17.1. The van der Waals surface area contributed by atoms with Crippen molar-refractivity contribution >= 4 is 11.7 Å². The molecule has 0 fully saturated rings. The molecule has 0 aliphatic carbocycles. The van der Waals surface area contributed by atoms with Gasteiger partial charge in [0.2, 0.25) is 5.91 Å². The van der Waals surface area contributed by atoms with Crippen molar-refractivity contribution in [3.63, 3.8) is 0 Å². The molecule has 0 saturated carbocycles. The van der Waals surface area contributed by atoms with Crippen LogP contribution in [0.5, 0.6) is 0 Å². The van der Waals surface area contributed by atoms with E-state index in [0.717, 1.165) is 17.0 Å². The second-order valence-electron chi connectivity index (χ2n) is 5.88. The van der Waals surface area contributed by atoms with Gasteiger partial charge in [-0.3, -0.25) is 14.2 Å². The Hall–Kier alpha value is -2.89. The minimum absolute atomic E-state index is 0.0841. The van der Waals surface area contributed by atoms with E-state index < -0.39 is 0 Å². The van der Waals surface area contributed by atoms with Crippen LogP contribution in [0.2, 0.25) is 0 Å². The van der Waals surface area contributed by atoms with Gasteiger partial charge in [-0.25, -0.2) is 0 Å². The van der Waals surface area contributed by atoms with Gasteiger partial charge in [0.25, 0.3) is 0 Å². The average molecular weight is 323 g/mol. The SMILES string of the molecule is Cc1nn(C)c(C)c1CC(=O)Nc1ccn(Cc2ccccc2)n1. The maximum atomic E-state index is 12.3. The van der Waals surface area contributed by atoms with Gasteiger partial charge in [-0.1, -0.05) is 30.3 Å². The van der Waals surface area contributed by atoms with Gasteiger partial charge in [-0.2, -0.15) is 10.2 Å². The highest BCUT2D eigenvalue weighted by molar-refractivity contribution is 5.91. The molecule has 3 aromatic rings. The summed E-state index contributed by atoms with van der Waals surface area (Å²) in [5.41, 5.74) is 4.04. The van der Waals surface area contributed by atoms with Crippen LogP contribution >= 0.6 is 0 Å². The second kappa shape index (κ2) is 6.70. The lowest BCUT2D eigenvalue weighted by Gasteiger charge is -2.04. The highest BCUT2D eigenvalue weighted by Crippen LogP contribution is 2.14. The molecule has 24 heavy (non-hydrogen) atoms. The molecule has 6 heteroatoms. The lowest BCUT2D eigenvalue weighted by molar-refractivity contribution is -0.115. The lowest BCUT2D eigenvalue weighted by Crippen LogP contribution is -2.16. The van der Waals surface area contributed by atoms with Crippen LogP contribution in [-0.4, -0.2) is 25.5 Å². The fourth-order valence-electron chi connectivity index (χ4n) is 2.71. The minimum Gasteiger partial charge on any atom is -0.309 e. The normalized spacial score (nSPS) is 10.8. The number of carbonyl (C=O) groups excluding carboxylic acids is 1. The van der Waals surface area contributed by atoms with Crippen LogP contribution in [0.4, 0.5) is 5.82 Å². The quantitative estimate of drug-likeness (QED) is 0.784. The van der Waals surface area contributed by atoms with Gasteiger partial charge in [0.05, 0.1) is 18.7 Å². The Balaban J connectivity index is 1.63. The summed E-state index contributed by atoms with van der Waals surface area (Å²) in [5, 5.41) is 11.6. The first-order valence-electron chi connectivity index (χ1n) is 7.89. The summed E-state index contributed by atoms with van der Waals surface area (Å²) in [7, 11) is 1.88. The predicted molar refractivity (Wildman–Crippen MR) is 92.8 cm³/mol. The van der Waals surface area contributed by atoms with Crippen LogP contribution in [0.15, 0.2) is 42.6 Å². The molecule has 1 aromatic carbocycles. The van der Waals surface area contributed by atoms with E-state index in [1.807, 2.05) is 68.2 Å². The number of benzene rings is 1. The molecule has 0 unspecified atom stereocenters. The highest BCUT2D eigenvalue weighted by atomic mass is 16.1. The van der Waals surface area contributed by atoms with E-state index in [9.17, 15) is 4.79 Å². The highest BCUT2D eigenvalue weighted by Gasteiger charge is 2.14. The molecular formula is C18H21N5O. The van der Waals surface area contributed by atoms with Gasteiger partial charge in [0.1, 0.15) is 0 Å². The molecule has 0 saturated heterocycles. The van der Waals surface area contributed by atoms with Crippen LogP contribution < -0.4 is 5.32 Å². The maximum Gasteiger partial charge on any atom is 0.230 e. The van der Waals surface area contributed by atoms with Gasteiger partial charge in [0.15, 0.2) is 5.82 Å². The number of nitrogens with one attached hydrogen (secondary N) is 1. The van der Waals surface area contributed by atoms with Crippen molar-refractivity contribution in [2.75, 3.05) is 5.32 Å². The number of rotatable bonds is 5. The van der Waals surface area contributed by atoms with Crippen molar-refractivity contribution in [3.05, 3.63) is 65.1 Å². The number of aryl methyl sites for hydroxylation is 2. The fourth-order valence-corrected chi connectivity index (χ4v) is 2.71. The van der Waals surface area contributed by atoms with E-state index in [0.29, 0.717) is 18.8 Å². The average Bonchev–Trinajstić information content (AvgIpc) is 3.08. The van der Waals surface area contributed by atoms with Crippen molar-refractivity contribution in [3.8, 4) is 0 Å². The van der Waals surface area contributed by atoms with Crippen molar-refractivity contribution in [2.45, 2.75) is 26.8 Å². The van der Waals surface area contributed by atoms with Gasteiger partial charge >= 0.3 is 0 Å². The van der Waals surface area contributed by atoms with E-state index in [2.05, 4.69) is 15.5 Å².